The number of hydrogen-bond acceptors (Lipinski definition) is 3. The topological polar surface area (TPSA) is 57.7 Å². The average Bonchev–Trinajstić information content (AvgIpc) is 2.98. The van der Waals surface area contributed by atoms with Crippen LogP contribution < -0.4 is 0 Å². The number of fused-ring (bicyclic) bond motifs is 1. The molecule has 2 fully saturated rings. The van der Waals surface area contributed by atoms with Crippen LogP contribution in [0.2, 0.25) is 10.0 Å². The van der Waals surface area contributed by atoms with Gasteiger partial charge < -0.3 is 0 Å². The van der Waals surface area contributed by atoms with Crippen LogP contribution in [0.15, 0.2) is 48.5 Å². The van der Waals surface area contributed by atoms with E-state index >= 15 is 0 Å². The van der Waals surface area contributed by atoms with E-state index in [1.54, 1.807) is 48.5 Å². The SMILES string of the molecule is O=C(c1ccc(Cl)cc1)N(Cc1ccccc1Cl)N1C(=O)[C@H]2CCCC[C@H]2C1=O. The highest BCUT2D eigenvalue weighted by Gasteiger charge is 2.51. The minimum Gasteiger partial charge on any atom is -0.272 e. The largest absolute Gasteiger partial charge is 0.273 e. The number of amides is 3. The molecule has 0 unspecified atom stereocenters. The molecular formula is C22H20Cl2N2O3. The van der Waals surface area contributed by atoms with Gasteiger partial charge in [-0.15, -0.1) is 0 Å². The summed E-state index contributed by atoms with van der Waals surface area (Å²) >= 11 is 12.2. The Balaban J connectivity index is 1.72. The summed E-state index contributed by atoms with van der Waals surface area (Å²) in [6.07, 6.45) is 3.20. The molecule has 1 aliphatic heterocycles. The molecule has 1 aliphatic carbocycles. The van der Waals surface area contributed by atoms with Crippen LogP contribution in [-0.2, 0) is 16.1 Å². The molecule has 0 spiro atoms. The first kappa shape index (κ1) is 19.9. The fourth-order valence-corrected chi connectivity index (χ4v) is 4.47. The van der Waals surface area contributed by atoms with Gasteiger partial charge in [0.15, 0.2) is 0 Å². The predicted octanol–water partition coefficient (Wildman–Crippen LogP) is 4.73. The van der Waals surface area contributed by atoms with Gasteiger partial charge in [0.1, 0.15) is 0 Å². The van der Waals surface area contributed by atoms with E-state index in [9.17, 15) is 14.4 Å². The van der Waals surface area contributed by atoms with E-state index in [4.69, 9.17) is 23.2 Å². The minimum atomic E-state index is -0.443. The molecule has 1 heterocycles. The Morgan fingerprint density at radius 3 is 2.10 bits per heavy atom. The van der Waals surface area contributed by atoms with E-state index < -0.39 is 5.91 Å². The van der Waals surface area contributed by atoms with Crippen molar-refractivity contribution in [2.45, 2.75) is 32.2 Å². The van der Waals surface area contributed by atoms with Crippen molar-refractivity contribution in [1.29, 1.82) is 0 Å². The first-order chi connectivity index (χ1) is 14.0. The Labute approximate surface area is 179 Å². The molecule has 2 aliphatic rings. The van der Waals surface area contributed by atoms with Crippen LogP contribution >= 0.6 is 23.2 Å². The standard InChI is InChI=1S/C22H20Cl2N2O3/c23-16-11-9-14(10-12-16)20(27)25(13-15-5-1-4-8-19(15)24)26-21(28)17-6-2-3-7-18(17)22(26)29/h1,4-5,8-12,17-18H,2-3,6-7,13H2/t17-,18+. The number of hydrogen-bond donors (Lipinski definition) is 0. The summed E-state index contributed by atoms with van der Waals surface area (Å²) < 4.78 is 0. The maximum absolute atomic E-state index is 13.3. The van der Waals surface area contributed by atoms with Crippen molar-refractivity contribution in [3.63, 3.8) is 0 Å². The third-order valence-electron chi connectivity index (χ3n) is 5.66. The molecule has 29 heavy (non-hydrogen) atoms. The van der Waals surface area contributed by atoms with Crippen LogP contribution in [0, 0.1) is 11.8 Å². The molecule has 2 aromatic rings. The number of imide groups is 1. The molecule has 0 N–H and O–H groups in total. The third-order valence-corrected chi connectivity index (χ3v) is 6.28. The van der Waals surface area contributed by atoms with E-state index in [0.717, 1.165) is 17.9 Å². The Kier molecular flexibility index (Phi) is 5.61. The second-order valence-corrected chi connectivity index (χ2v) is 8.29. The highest BCUT2D eigenvalue weighted by atomic mass is 35.5. The van der Waals surface area contributed by atoms with E-state index in [-0.39, 0.29) is 30.2 Å². The van der Waals surface area contributed by atoms with Crippen molar-refractivity contribution in [2.75, 3.05) is 0 Å². The molecule has 0 aromatic heterocycles. The van der Waals surface area contributed by atoms with Gasteiger partial charge in [-0.25, -0.2) is 5.01 Å². The summed E-state index contributed by atoms with van der Waals surface area (Å²) in [6, 6.07) is 13.5. The van der Waals surface area contributed by atoms with Crippen LogP contribution in [0.1, 0.15) is 41.6 Å². The molecule has 3 amide bonds. The van der Waals surface area contributed by atoms with Gasteiger partial charge in [-0.3, -0.25) is 14.4 Å². The first-order valence-corrected chi connectivity index (χ1v) is 10.4. The Hall–Kier alpha value is -2.37. The normalized spacial score (nSPS) is 21.2. The van der Waals surface area contributed by atoms with Crippen LogP contribution in [0.5, 0.6) is 0 Å². The summed E-state index contributed by atoms with van der Waals surface area (Å²) in [7, 11) is 0. The van der Waals surface area contributed by atoms with Crippen molar-refractivity contribution >= 4 is 40.9 Å². The molecule has 150 valence electrons. The fraction of sp³-hybridized carbons (Fsp3) is 0.318. The lowest BCUT2D eigenvalue weighted by Crippen LogP contribution is -2.49. The zero-order valence-corrected chi connectivity index (χ0v) is 17.2. The molecule has 1 saturated carbocycles. The number of carbonyl (C=O) groups excluding carboxylic acids is 3. The second-order valence-electron chi connectivity index (χ2n) is 7.45. The maximum atomic E-state index is 13.3. The van der Waals surface area contributed by atoms with Crippen LogP contribution in [0.3, 0.4) is 0 Å². The summed E-state index contributed by atoms with van der Waals surface area (Å²) in [5.41, 5.74) is 1.00. The number of nitrogens with zero attached hydrogens (tertiary/aromatic N) is 2. The van der Waals surface area contributed by atoms with Crippen molar-refractivity contribution in [3.05, 3.63) is 69.7 Å². The lowest BCUT2D eigenvalue weighted by molar-refractivity contribution is -0.155. The van der Waals surface area contributed by atoms with E-state index in [1.165, 1.54) is 5.01 Å². The summed E-state index contributed by atoms with van der Waals surface area (Å²) in [4.78, 5) is 39.6. The Morgan fingerprint density at radius 1 is 0.931 bits per heavy atom. The van der Waals surface area contributed by atoms with Gasteiger partial charge in [-0.1, -0.05) is 54.2 Å². The highest BCUT2D eigenvalue weighted by molar-refractivity contribution is 6.31. The lowest BCUT2D eigenvalue weighted by atomic mass is 9.81. The number of carbonyl (C=O) groups is 3. The molecule has 0 radical (unpaired) electrons. The number of halogens is 2. The van der Waals surface area contributed by atoms with Gasteiger partial charge in [0.2, 0.25) is 0 Å². The third kappa shape index (κ3) is 3.77. The average molecular weight is 431 g/mol. The zero-order valence-electron chi connectivity index (χ0n) is 15.7. The smallest absolute Gasteiger partial charge is 0.272 e. The van der Waals surface area contributed by atoms with Gasteiger partial charge >= 0.3 is 0 Å². The minimum absolute atomic E-state index is 0.0258. The molecule has 0 bridgehead atoms. The van der Waals surface area contributed by atoms with Crippen LogP contribution in [0.25, 0.3) is 0 Å². The highest BCUT2D eigenvalue weighted by Crippen LogP contribution is 2.39. The molecule has 4 rings (SSSR count). The van der Waals surface area contributed by atoms with Gasteiger partial charge in [-0.05, 0) is 48.7 Å². The van der Waals surface area contributed by atoms with Gasteiger partial charge in [0.25, 0.3) is 17.7 Å². The summed E-state index contributed by atoms with van der Waals surface area (Å²) in [6.45, 7) is 0.0258. The Bertz CT molecular complexity index is 937. The van der Waals surface area contributed by atoms with Crippen molar-refractivity contribution in [3.8, 4) is 0 Å². The predicted molar refractivity (Wildman–Crippen MR) is 110 cm³/mol. The molecule has 2 aromatic carbocycles. The number of benzene rings is 2. The monoisotopic (exact) mass is 430 g/mol. The molecule has 1 saturated heterocycles. The fourth-order valence-electron chi connectivity index (χ4n) is 4.15. The van der Waals surface area contributed by atoms with Crippen molar-refractivity contribution < 1.29 is 14.4 Å². The second kappa shape index (κ2) is 8.17. The van der Waals surface area contributed by atoms with E-state index in [1.807, 2.05) is 0 Å². The Morgan fingerprint density at radius 2 is 1.52 bits per heavy atom. The molecular weight excluding hydrogens is 411 g/mol. The first-order valence-electron chi connectivity index (χ1n) is 9.66. The summed E-state index contributed by atoms with van der Waals surface area (Å²) in [5.74, 6) is -1.73. The van der Waals surface area contributed by atoms with Gasteiger partial charge in [-0.2, -0.15) is 5.01 Å². The van der Waals surface area contributed by atoms with Crippen molar-refractivity contribution in [1.82, 2.24) is 10.0 Å². The molecule has 5 nitrogen and oxygen atoms in total. The summed E-state index contributed by atoms with van der Waals surface area (Å²) in [5, 5.41) is 3.26. The zero-order chi connectivity index (χ0) is 20.5. The van der Waals surface area contributed by atoms with Crippen LogP contribution in [-0.4, -0.2) is 27.7 Å². The maximum Gasteiger partial charge on any atom is 0.273 e. The quantitative estimate of drug-likeness (QED) is 0.658. The van der Waals surface area contributed by atoms with Gasteiger partial charge in [0, 0.05) is 15.6 Å². The number of hydrazine groups is 1. The molecule has 2 atom stereocenters. The van der Waals surface area contributed by atoms with E-state index in [0.29, 0.717) is 34.0 Å². The van der Waals surface area contributed by atoms with E-state index in [2.05, 4.69) is 0 Å². The lowest BCUT2D eigenvalue weighted by Gasteiger charge is -2.31. The van der Waals surface area contributed by atoms with Crippen LogP contribution in [0.4, 0.5) is 0 Å². The van der Waals surface area contributed by atoms with Gasteiger partial charge in [0.05, 0.1) is 18.4 Å². The molecule has 7 heteroatoms. The van der Waals surface area contributed by atoms with Crippen molar-refractivity contribution in [2.24, 2.45) is 11.8 Å². The number of rotatable bonds is 4.